The van der Waals surface area contributed by atoms with Crippen molar-refractivity contribution in [2.75, 3.05) is 11.9 Å². The zero-order valence-electron chi connectivity index (χ0n) is 20.7. The van der Waals surface area contributed by atoms with Crippen molar-refractivity contribution in [3.05, 3.63) is 102 Å². The lowest BCUT2D eigenvalue weighted by molar-refractivity contribution is -0.117. The number of amides is 1. The first-order valence-electron chi connectivity index (χ1n) is 11.3. The van der Waals surface area contributed by atoms with E-state index in [1.165, 1.54) is 0 Å². The van der Waals surface area contributed by atoms with E-state index >= 15 is 0 Å². The van der Waals surface area contributed by atoms with Crippen molar-refractivity contribution in [3.63, 3.8) is 0 Å². The van der Waals surface area contributed by atoms with Gasteiger partial charge in [-0.05, 0) is 91.3 Å². The van der Waals surface area contributed by atoms with Crippen LogP contribution in [0.3, 0.4) is 0 Å². The van der Waals surface area contributed by atoms with Crippen molar-refractivity contribution in [1.82, 2.24) is 5.32 Å². The van der Waals surface area contributed by atoms with Crippen molar-refractivity contribution in [2.45, 2.75) is 40.2 Å². The number of allylic oxidation sites excluding steroid dienone is 5. The lowest BCUT2D eigenvalue weighted by Crippen LogP contribution is -2.35. The summed E-state index contributed by atoms with van der Waals surface area (Å²) in [5, 5.41) is 4.29. The van der Waals surface area contributed by atoms with Gasteiger partial charge >= 0.3 is 0 Å². The van der Waals surface area contributed by atoms with Crippen LogP contribution in [0.15, 0.2) is 84.0 Å². The zero-order valence-corrected chi connectivity index (χ0v) is 25.1. The number of benzene rings is 1. The molecule has 0 saturated carbocycles. The number of hydrogen-bond acceptors (Lipinski definition) is 3. The molecule has 35 heavy (non-hydrogen) atoms. The van der Waals surface area contributed by atoms with Crippen LogP contribution in [0.5, 0.6) is 0 Å². The van der Waals surface area contributed by atoms with Crippen LogP contribution in [0.25, 0.3) is 5.70 Å². The van der Waals surface area contributed by atoms with Gasteiger partial charge in [-0.1, -0.05) is 67.1 Å². The van der Waals surface area contributed by atoms with Crippen LogP contribution >= 0.6 is 57.1 Å². The summed E-state index contributed by atoms with van der Waals surface area (Å²) >= 11 is 16.7. The molecule has 3 nitrogen and oxygen atoms in total. The van der Waals surface area contributed by atoms with Crippen molar-refractivity contribution >= 4 is 74.4 Å². The number of anilines is 1. The number of nitrogens with zero attached hydrogens (tertiary/aromatic N) is 1. The van der Waals surface area contributed by atoms with Gasteiger partial charge in [-0.15, -0.1) is 11.3 Å². The van der Waals surface area contributed by atoms with E-state index in [1.807, 2.05) is 69.2 Å². The summed E-state index contributed by atoms with van der Waals surface area (Å²) in [5.41, 5.74) is 4.33. The van der Waals surface area contributed by atoms with Gasteiger partial charge in [0.15, 0.2) is 0 Å². The van der Waals surface area contributed by atoms with Gasteiger partial charge in [0.25, 0.3) is 5.91 Å². The van der Waals surface area contributed by atoms with Crippen LogP contribution in [0.4, 0.5) is 5.69 Å². The van der Waals surface area contributed by atoms with E-state index in [9.17, 15) is 4.79 Å². The van der Waals surface area contributed by atoms with E-state index in [2.05, 4.69) is 53.5 Å². The Morgan fingerprint density at radius 3 is 2.51 bits per heavy atom. The van der Waals surface area contributed by atoms with E-state index in [0.29, 0.717) is 15.6 Å². The average Bonchev–Trinajstić information content (AvgIpc) is 3.22. The standard InChI is InChI=1S/C28H31Cl2IN2OS/c1-7-10-11-12-20(8-2)19(5)32-28(34)22(9-3)18(4)27(25-15-16-26(31)35-25)33(6)24-14-13-21(29)17-23(24)30/h7,9-17,19H,1,8H2,2-6H3,(H,32,34)/b11-10-,20-12+,22-9?,27-18-/t19-/m0/s1. The van der Waals surface area contributed by atoms with Crippen molar-refractivity contribution in [1.29, 1.82) is 0 Å². The Morgan fingerprint density at radius 2 is 1.97 bits per heavy atom. The van der Waals surface area contributed by atoms with E-state index in [0.717, 1.165) is 36.7 Å². The Bertz CT molecular complexity index is 1190. The van der Waals surface area contributed by atoms with Crippen molar-refractivity contribution in [2.24, 2.45) is 0 Å². The monoisotopic (exact) mass is 640 g/mol. The Morgan fingerprint density at radius 1 is 1.26 bits per heavy atom. The molecule has 186 valence electrons. The van der Waals surface area contributed by atoms with Crippen molar-refractivity contribution in [3.8, 4) is 0 Å². The van der Waals surface area contributed by atoms with E-state index < -0.39 is 0 Å². The van der Waals surface area contributed by atoms with Crippen LogP contribution < -0.4 is 10.2 Å². The molecule has 0 radical (unpaired) electrons. The molecular weight excluding hydrogens is 610 g/mol. The van der Waals surface area contributed by atoms with Gasteiger partial charge in [-0.25, -0.2) is 0 Å². The van der Waals surface area contributed by atoms with Crippen LogP contribution in [0.1, 0.15) is 39.0 Å². The van der Waals surface area contributed by atoms with Gasteiger partial charge < -0.3 is 10.2 Å². The number of carbonyl (C=O) groups is 1. The molecule has 0 spiro atoms. The molecule has 2 rings (SSSR count). The molecule has 1 heterocycles. The predicted molar refractivity (Wildman–Crippen MR) is 164 cm³/mol. The largest absolute Gasteiger partial charge is 0.346 e. The molecule has 0 bridgehead atoms. The molecule has 2 aromatic rings. The maximum absolute atomic E-state index is 13.5. The molecule has 0 unspecified atom stereocenters. The zero-order chi connectivity index (χ0) is 26.1. The van der Waals surface area contributed by atoms with E-state index in [1.54, 1.807) is 23.5 Å². The molecular formula is C28H31Cl2IN2OS. The lowest BCUT2D eigenvalue weighted by Gasteiger charge is -2.27. The van der Waals surface area contributed by atoms with Gasteiger partial charge in [0.2, 0.25) is 0 Å². The van der Waals surface area contributed by atoms with Crippen LogP contribution in [0, 0.1) is 2.88 Å². The van der Waals surface area contributed by atoms with Crippen molar-refractivity contribution < 1.29 is 4.79 Å². The maximum atomic E-state index is 13.5. The highest BCUT2D eigenvalue weighted by Gasteiger charge is 2.23. The summed E-state index contributed by atoms with van der Waals surface area (Å²) in [4.78, 5) is 16.5. The fraction of sp³-hybridized carbons (Fsp3) is 0.250. The van der Waals surface area contributed by atoms with Gasteiger partial charge in [0.05, 0.1) is 24.2 Å². The van der Waals surface area contributed by atoms with Crippen LogP contribution in [-0.2, 0) is 4.79 Å². The van der Waals surface area contributed by atoms with Crippen LogP contribution in [0.2, 0.25) is 10.0 Å². The first kappa shape index (κ1) is 29.4. The Kier molecular flexibility index (Phi) is 11.8. The molecule has 1 aromatic carbocycles. The number of nitrogens with one attached hydrogen (secondary N) is 1. The summed E-state index contributed by atoms with van der Waals surface area (Å²) in [6, 6.07) is 9.46. The summed E-state index contributed by atoms with van der Waals surface area (Å²) < 4.78 is 1.16. The maximum Gasteiger partial charge on any atom is 0.251 e. The number of thiophene rings is 1. The molecule has 0 aliphatic rings. The third kappa shape index (κ3) is 7.84. The third-order valence-corrected chi connectivity index (χ3v) is 8.01. The molecule has 1 amide bonds. The molecule has 0 fully saturated rings. The second kappa shape index (κ2) is 14.1. The molecule has 0 aliphatic carbocycles. The molecule has 1 N–H and O–H groups in total. The molecule has 0 saturated heterocycles. The smallest absolute Gasteiger partial charge is 0.251 e. The van der Waals surface area contributed by atoms with Gasteiger partial charge in [-0.2, -0.15) is 0 Å². The quantitative estimate of drug-likeness (QED) is 0.160. The first-order chi connectivity index (χ1) is 16.6. The fourth-order valence-corrected chi connectivity index (χ4v) is 6.05. The third-order valence-electron chi connectivity index (χ3n) is 5.58. The minimum atomic E-state index is -0.121. The first-order valence-corrected chi connectivity index (χ1v) is 13.9. The lowest BCUT2D eigenvalue weighted by atomic mass is 10.0. The Balaban J connectivity index is 2.51. The number of rotatable bonds is 10. The van der Waals surface area contributed by atoms with E-state index in [-0.39, 0.29) is 11.9 Å². The van der Waals surface area contributed by atoms with Gasteiger partial charge in [-0.3, -0.25) is 4.79 Å². The van der Waals surface area contributed by atoms with Gasteiger partial charge in [0.1, 0.15) is 0 Å². The minimum Gasteiger partial charge on any atom is -0.346 e. The second-order valence-corrected chi connectivity index (χ2v) is 11.7. The summed E-state index contributed by atoms with van der Waals surface area (Å²) in [6.07, 6.45) is 10.3. The SMILES string of the molecule is C=C/C=C\C=C(/CC)[C@H](C)NC(=O)C(=CC)/C(C)=C(/c1ccc(I)s1)N(C)c1ccc(Cl)cc1Cl. The van der Waals surface area contributed by atoms with Crippen LogP contribution in [-0.4, -0.2) is 19.0 Å². The minimum absolute atomic E-state index is 0.112. The molecule has 1 atom stereocenters. The fourth-order valence-electron chi connectivity index (χ4n) is 3.76. The topological polar surface area (TPSA) is 32.3 Å². The molecule has 1 aromatic heterocycles. The predicted octanol–water partition coefficient (Wildman–Crippen LogP) is 9.06. The van der Waals surface area contributed by atoms with E-state index in [4.69, 9.17) is 23.2 Å². The summed E-state index contributed by atoms with van der Waals surface area (Å²) in [5.74, 6) is -0.121. The highest BCUT2D eigenvalue weighted by molar-refractivity contribution is 14.1. The number of hydrogen-bond donors (Lipinski definition) is 1. The highest BCUT2D eigenvalue weighted by Crippen LogP contribution is 2.38. The Hall–Kier alpha value is -1.80. The molecule has 0 aliphatic heterocycles. The number of carbonyl (C=O) groups excluding carboxylic acids is 1. The summed E-state index contributed by atoms with van der Waals surface area (Å²) in [7, 11) is 1.96. The normalized spacial score (nSPS) is 14.1. The average molecular weight is 641 g/mol. The number of halogens is 3. The second-order valence-electron chi connectivity index (χ2n) is 7.85. The highest BCUT2D eigenvalue weighted by atomic mass is 127. The van der Waals surface area contributed by atoms with Gasteiger partial charge in [0, 0.05) is 23.7 Å². The summed E-state index contributed by atoms with van der Waals surface area (Å²) in [6.45, 7) is 11.7. The molecule has 7 heteroatoms. The Labute approximate surface area is 237 Å².